The number of aryl methyl sites for hydroxylation is 1. The van der Waals surface area contributed by atoms with Crippen LogP contribution >= 0.6 is 15.9 Å². The predicted molar refractivity (Wildman–Crippen MR) is 51.3 cm³/mol. The number of aromatic nitrogens is 1. The lowest BCUT2D eigenvalue weighted by molar-refractivity contribution is 0.512. The molecule has 12 heavy (non-hydrogen) atoms. The molecule has 3 heteroatoms. The van der Waals surface area contributed by atoms with E-state index in [1.165, 1.54) is 12.1 Å². The van der Waals surface area contributed by atoms with E-state index in [0.717, 1.165) is 23.9 Å². The van der Waals surface area contributed by atoms with E-state index < -0.39 is 0 Å². The Morgan fingerprint density at radius 3 is 3.00 bits per heavy atom. The second kappa shape index (κ2) is 3.05. The first-order valence-electron chi connectivity index (χ1n) is 4.16. The van der Waals surface area contributed by atoms with E-state index in [-0.39, 0.29) is 5.56 Å². The fraction of sp³-hybridized carbons (Fsp3) is 0.444. The Bertz CT molecular complexity index is 356. The van der Waals surface area contributed by atoms with Crippen LogP contribution in [0, 0.1) is 0 Å². The van der Waals surface area contributed by atoms with Crippen LogP contribution in [-0.4, -0.2) is 4.57 Å². The summed E-state index contributed by atoms with van der Waals surface area (Å²) in [5.41, 5.74) is 1.29. The highest BCUT2D eigenvalue weighted by molar-refractivity contribution is 9.10. The molecule has 1 aromatic rings. The Hall–Kier alpha value is -0.570. The second-order valence-corrected chi connectivity index (χ2v) is 4.03. The summed E-state index contributed by atoms with van der Waals surface area (Å²) < 4.78 is 2.77. The molecule has 0 radical (unpaired) electrons. The maximum atomic E-state index is 11.4. The van der Waals surface area contributed by atoms with E-state index in [4.69, 9.17) is 0 Å². The van der Waals surface area contributed by atoms with Crippen molar-refractivity contribution in [2.75, 3.05) is 0 Å². The Morgan fingerprint density at radius 2 is 2.17 bits per heavy atom. The molecule has 0 N–H and O–H groups in total. The molecule has 0 fully saturated rings. The summed E-state index contributed by atoms with van der Waals surface area (Å²) in [6.45, 7) is 0.890. The van der Waals surface area contributed by atoms with E-state index in [2.05, 4.69) is 15.9 Å². The summed E-state index contributed by atoms with van der Waals surface area (Å²) in [4.78, 5) is 11.4. The number of nitrogens with zero attached hydrogens (tertiary/aromatic N) is 1. The molecule has 2 nitrogen and oxygen atoms in total. The topological polar surface area (TPSA) is 22.0 Å². The largest absolute Gasteiger partial charge is 0.313 e. The standard InChI is InChI=1S/C9H10BrNO/c10-7-5-8-3-1-2-4-11(8)9(12)6-7/h5-6H,1-4H2. The molecule has 1 aromatic heterocycles. The fourth-order valence-electron chi connectivity index (χ4n) is 1.65. The van der Waals surface area contributed by atoms with Gasteiger partial charge in [-0.3, -0.25) is 4.79 Å². The third-order valence-corrected chi connectivity index (χ3v) is 2.70. The monoisotopic (exact) mass is 227 g/mol. The second-order valence-electron chi connectivity index (χ2n) is 3.11. The van der Waals surface area contributed by atoms with Gasteiger partial charge in [0.1, 0.15) is 0 Å². The molecule has 0 aromatic carbocycles. The summed E-state index contributed by atoms with van der Waals surface area (Å²) in [6, 6.07) is 3.68. The molecule has 0 atom stereocenters. The van der Waals surface area contributed by atoms with Gasteiger partial charge in [0.25, 0.3) is 5.56 Å². The number of pyridine rings is 1. The minimum atomic E-state index is 0.124. The molecule has 0 spiro atoms. The van der Waals surface area contributed by atoms with Crippen LogP contribution in [0.5, 0.6) is 0 Å². The number of hydrogen-bond acceptors (Lipinski definition) is 1. The van der Waals surface area contributed by atoms with Crippen LogP contribution in [-0.2, 0) is 13.0 Å². The van der Waals surface area contributed by atoms with Crippen molar-refractivity contribution >= 4 is 15.9 Å². The number of hydrogen-bond donors (Lipinski definition) is 0. The molecule has 0 saturated carbocycles. The summed E-state index contributed by atoms with van der Waals surface area (Å²) in [5.74, 6) is 0. The van der Waals surface area contributed by atoms with Crippen molar-refractivity contribution in [1.29, 1.82) is 0 Å². The van der Waals surface area contributed by atoms with Crippen molar-refractivity contribution < 1.29 is 0 Å². The molecule has 1 aliphatic heterocycles. The van der Waals surface area contributed by atoms with Gasteiger partial charge in [-0.15, -0.1) is 0 Å². The quantitative estimate of drug-likeness (QED) is 0.665. The molecular formula is C9H10BrNO. The highest BCUT2D eigenvalue weighted by Crippen LogP contribution is 2.15. The summed E-state index contributed by atoms with van der Waals surface area (Å²) in [7, 11) is 0. The molecule has 0 unspecified atom stereocenters. The number of fused-ring (bicyclic) bond motifs is 1. The zero-order chi connectivity index (χ0) is 8.55. The maximum absolute atomic E-state index is 11.4. The van der Waals surface area contributed by atoms with Crippen molar-refractivity contribution in [1.82, 2.24) is 4.57 Å². The van der Waals surface area contributed by atoms with Gasteiger partial charge in [0.05, 0.1) is 0 Å². The normalized spacial score (nSPS) is 15.8. The van der Waals surface area contributed by atoms with Crippen LogP contribution in [0.25, 0.3) is 0 Å². The minimum absolute atomic E-state index is 0.124. The first-order valence-corrected chi connectivity index (χ1v) is 4.96. The molecule has 0 saturated heterocycles. The van der Waals surface area contributed by atoms with E-state index in [9.17, 15) is 4.79 Å². The third-order valence-electron chi connectivity index (χ3n) is 2.24. The fourth-order valence-corrected chi connectivity index (χ4v) is 2.11. The summed E-state index contributed by atoms with van der Waals surface area (Å²) in [6.07, 6.45) is 3.37. The molecular weight excluding hydrogens is 218 g/mol. The van der Waals surface area contributed by atoms with Crippen molar-refractivity contribution in [3.8, 4) is 0 Å². The van der Waals surface area contributed by atoms with E-state index in [0.29, 0.717) is 0 Å². The van der Waals surface area contributed by atoms with Gasteiger partial charge in [-0.1, -0.05) is 15.9 Å². The minimum Gasteiger partial charge on any atom is -0.313 e. The molecule has 0 bridgehead atoms. The van der Waals surface area contributed by atoms with Gasteiger partial charge in [-0.25, -0.2) is 0 Å². The summed E-state index contributed by atoms with van der Waals surface area (Å²) >= 11 is 3.33. The lowest BCUT2D eigenvalue weighted by atomic mass is 10.1. The van der Waals surface area contributed by atoms with Crippen molar-refractivity contribution in [2.24, 2.45) is 0 Å². The molecule has 2 rings (SSSR count). The molecule has 0 aliphatic carbocycles. The zero-order valence-electron chi connectivity index (χ0n) is 6.72. The van der Waals surface area contributed by atoms with Gasteiger partial charge in [0.2, 0.25) is 0 Å². The van der Waals surface area contributed by atoms with E-state index in [1.807, 2.05) is 10.6 Å². The average molecular weight is 228 g/mol. The van der Waals surface area contributed by atoms with Gasteiger partial charge in [-0.2, -0.15) is 0 Å². The predicted octanol–water partition coefficient (Wildman–Crippen LogP) is 1.95. The summed E-state index contributed by atoms with van der Waals surface area (Å²) in [5, 5.41) is 0. The SMILES string of the molecule is O=c1cc(Br)cc2n1CCCC2. The van der Waals surface area contributed by atoms with Crippen LogP contribution in [0.1, 0.15) is 18.5 Å². The van der Waals surface area contributed by atoms with Gasteiger partial charge >= 0.3 is 0 Å². The Balaban J connectivity index is 2.60. The molecule has 2 heterocycles. The molecule has 64 valence electrons. The lowest BCUT2D eigenvalue weighted by Crippen LogP contribution is -2.25. The Labute approximate surface area is 79.3 Å². The molecule has 1 aliphatic rings. The molecule has 0 amide bonds. The Morgan fingerprint density at radius 1 is 1.33 bits per heavy atom. The first kappa shape index (κ1) is 8.05. The third kappa shape index (κ3) is 1.33. The van der Waals surface area contributed by atoms with Gasteiger partial charge < -0.3 is 4.57 Å². The van der Waals surface area contributed by atoms with E-state index in [1.54, 1.807) is 6.07 Å². The Kier molecular flexibility index (Phi) is 2.05. The van der Waals surface area contributed by atoms with Crippen molar-refractivity contribution in [3.05, 3.63) is 32.7 Å². The highest BCUT2D eigenvalue weighted by Gasteiger charge is 2.09. The first-order chi connectivity index (χ1) is 5.77. The van der Waals surface area contributed by atoms with Gasteiger partial charge in [-0.05, 0) is 25.3 Å². The van der Waals surface area contributed by atoms with Gasteiger partial charge in [0.15, 0.2) is 0 Å². The number of rotatable bonds is 0. The highest BCUT2D eigenvalue weighted by atomic mass is 79.9. The van der Waals surface area contributed by atoms with Crippen LogP contribution in [0.15, 0.2) is 21.4 Å². The average Bonchev–Trinajstić information content (AvgIpc) is 2.04. The van der Waals surface area contributed by atoms with Crippen LogP contribution in [0.4, 0.5) is 0 Å². The van der Waals surface area contributed by atoms with Crippen molar-refractivity contribution in [3.63, 3.8) is 0 Å². The smallest absolute Gasteiger partial charge is 0.251 e. The zero-order valence-corrected chi connectivity index (χ0v) is 8.30. The van der Waals surface area contributed by atoms with Gasteiger partial charge in [0, 0.05) is 22.8 Å². The number of halogens is 1. The lowest BCUT2D eigenvalue weighted by Gasteiger charge is -2.17. The maximum Gasteiger partial charge on any atom is 0.251 e. The van der Waals surface area contributed by atoms with E-state index >= 15 is 0 Å². The van der Waals surface area contributed by atoms with Crippen LogP contribution < -0.4 is 5.56 Å². The van der Waals surface area contributed by atoms with Crippen molar-refractivity contribution in [2.45, 2.75) is 25.8 Å². The van der Waals surface area contributed by atoms with Crippen LogP contribution in [0.3, 0.4) is 0 Å². The van der Waals surface area contributed by atoms with Crippen LogP contribution in [0.2, 0.25) is 0 Å².